The summed E-state index contributed by atoms with van der Waals surface area (Å²) in [6.07, 6.45) is 1.94. The van der Waals surface area contributed by atoms with Gasteiger partial charge in [0.1, 0.15) is 5.01 Å². The Hall–Kier alpha value is -2.12. The fourth-order valence-corrected chi connectivity index (χ4v) is 2.93. The van der Waals surface area contributed by atoms with E-state index in [2.05, 4.69) is 15.3 Å². The monoisotopic (exact) mass is 302 g/mol. The van der Waals surface area contributed by atoms with Gasteiger partial charge >= 0.3 is 0 Å². The summed E-state index contributed by atoms with van der Waals surface area (Å²) in [5.41, 5.74) is 1.68. The van der Waals surface area contributed by atoms with E-state index >= 15 is 0 Å². The number of hydrogen-bond acceptors (Lipinski definition) is 6. The molecule has 0 saturated carbocycles. The summed E-state index contributed by atoms with van der Waals surface area (Å²) < 4.78 is 0. The molecular formula is C14H14N4O2S. The first kappa shape index (κ1) is 13.8. The number of likely N-dealkylation sites (N-methyl/N-ethyl adjacent to an activating group) is 1. The number of likely N-dealkylation sites (tertiary alicyclic amines) is 1. The van der Waals surface area contributed by atoms with Gasteiger partial charge in [-0.25, -0.2) is 4.98 Å². The highest BCUT2D eigenvalue weighted by molar-refractivity contribution is 7.13. The topological polar surface area (TPSA) is 75.2 Å². The van der Waals surface area contributed by atoms with Gasteiger partial charge in [-0.15, -0.1) is 11.3 Å². The Labute approximate surface area is 125 Å². The van der Waals surface area contributed by atoms with Crippen molar-refractivity contribution in [3.8, 4) is 10.7 Å². The smallest absolute Gasteiger partial charge is 0.246 e. The van der Waals surface area contributed by atoms with Crippen LogP contribution >= 0.6 is 11.3 Å². The van der Waals surface area contributed by atoms with Crippen LogP contribution in [-0.4, -0.2) is 39.8 Å². The summed E-state index contributed by atoms with van der Waals surface area (Å²) >= 11 is 1.51. The predicted octanol–water partition coefficient (Wildman–Crippen LogP) is 1.05. The SMILES string of the molecule is CN1C(=O)CC(NCc2csc(-c3ccccn3)n2)C1=O. The molecule has 0 spiro atoms. The number of hydrogen-bond donors (Lipinski definition) is 1. The van der Waals surface area contributed by atoms with Gasteiger partial charge in [0.05, 0.1) is 23.9 Å². The molecule has 3 rings (SSSR count). The lowest BCUT2D eigenvalue weighted by atomic mass is 10.2. The van der Waals surface area contributed by atoms with E-state index in [0.717, 1.165) is 21.3 Å². The van der Waals surface area contributed by atoms with Gasteiger partial charge in [-0.2, -0.15) is 0 Å². The van der Waals surface area contributed by atoms with E-state index in [1.165, 1.54) is 18.4 Å². The number of rotatable bonds is 4. The summed E-state index contributed by atoms with van der Waals surface area (Å²) in [5, 5.41) is 5.86. The van der Waals surface area contributed by atoms with Gasteiger partial charge in [-0.3, -0.25) is 24.8 Å². The minimum atomic E-state index is -0.442. The van der Waals surface area contributed by atoms with Crippen LogP contribution in [0.1, 0.15) is 12.1 Å². The highest BCUT2D eigenvalue weighted by atomic mass is 32.1. The van der Waals surface area contributed by atoms with Crippen LogP contribution in [0.4, 0.5) is 0 Å². The number of nitrogens with one attached hydrogen (secondary N) is 1. The third-order valence-corrected chi connectivity index (χ3v) is 4.26. The molecule has 108 valence electrons. The minimum Gasteiger partial charge on any atom is -0.300 e. The molecule has 1 aliphatic heterocycles. The number of thiazole rings is 1. The largest absolute Gasteiger partial charge is 0.300 e. The second-order valence-corrected chi connectivity index (χ2v) is 5.65. The lowest BCUT2D eigenvalue weighted by Crippen LogP contribution is -2.36. The number of aromatic nitrogens is 2. The second-order valence-electron chi connectivity index (χ2n) is 4.79. The molecule has 6 nitrogen and oxygen atoms in total. The second kappa shape index (κ2) is 5.71. The summed E-state index contributed by atoms with van der Waals surface area (Å²) in [6, 6.07) is 5.24. The van der Waals surface area contributed by atoms with Crippen LogP contribution < -0.4 is 5.32 Å². The number of nitrogens with zero attached hydrogens (tertiary/aromatic N) is 3. The number of imide groups is 1. The number of pyridine rings is 1. The molecule has 2 amide bonds. The van der Waals surface area contributed by atoms with E-state index < -0.39 is 6.04 Å². The van der Waals surface area contributed by atoms with E-state index in [0.29, 0.717) is 6.54 Å². The van der Waals surface area contributed by atoms with Gasteiger partial charge in [0.15, 0.2) is 0 Å². The maximum absolute atomic E-state index is 11.8. The zero-order valence-corrected chi connectivity index (χ0v) is 12.3. The summed E-state index contributed by atoms with van der Waals surface area (Å²) in [5.74, 6) is -0.329. The van der Waals surface area contributed by atoms with Crippen molar-refractivity contribution in [2.24, 2.45) is 0 Å². The fourth-order valence-electron chi connectivity index (χ4n) is 2.14. The van der Waals surface area contributed by atoms with Crippen molar-refractivity contribution in [2.45, 2.75) is 19.0 Å². The van der Waals surface area contributed by atoms with Crippen LogP contribution in [0.2, 0.25) is 0 Å². The molecule has 1 N–H and O–H groups in total. The summed E-state index contributed by atoms with van der Waals surface area (Å²) in [4.78, 5) is 33.1. The lowest BCUT2D eigenvalue weighted by Gasteiger charge is -2.09. The van der Waals surface area contributed by atoms with E-state index in [1.807, 2.05) is 23.6 Å². The van der Waals surface area contributed by atoms with Crippen molar-refractivity contribution in [3.63, 3.8) is 0 Å². The lowest BCUT2D eigenvalue weighted by molar-refractivity contribution is -0.137. The van der Waals surface area contributed by atoms with Crippen LogP contribution in [0, 0.1) is 0 Å². The fraction of sp³-hybridized carbons (Fsp3) is 0.286. The first-order chi connectivity index (χ1) is 10.1. The average molecular weight is 302 g/mol. The van der Waals surface area contributed by atoms with Gasteiger partial charge in [0.2, 0.25) is 11.8 Å². The van der Waals surface area contributed by atoms with Gasteiger partial charge in [-0.05, 0) is 12.1 Å². The maximum atomic E-state index is 11.8. The molecule has 0 aliphatic carbocycles. The zero-order chi connectivity index (χ0) is 14.8. The highest BCUT2D eigenvalue weighted by Crippen LogP contribution is 2.21. The third-order valence-electron chi connectivity index (χ3n) is 3.35. The standard InChI is InChI=1S/C14H14N4O2S/c1-18-12(19)6-11(14(18)20)16-7-9-8-21-13(17-9)10-4-2-3-5-15-10/h2-5,8,11,16H,6-7H2,1H3. The van der Waals surface area contributed by atoms with E-state index in [-0.39, 0.29) is 18.2 Å². The molecule has 1 fully saturated rings. The summed E-state index contributed by atoms with van der Waals surface area (Å²) in [6.45, 7) is 0.459. The molecule has 21 heavy (non-hydrogen) atoms. The van der Waals surface area contributed by atoms with E-state index in [4.69, 9.17) is 0 Å². The maximum Gasteiger partial charge on any atom is 0.246 e. The van der Waals surface area contributed by atoms with Crippen molar-refractivity contribution in [2.75, 3.05) is 7.05 Å². The van der Waals surface area contributed by atoms with Crippen LogP contribution in [-0.2, 0) is 16.1 Å². The van der Waals surface area contributed by atoms with Gasteiger partial charge in [0, 0.05) is 25.2 Å². The molecule has 2 aromatic heterocycles. The van der Waals surface area contributed by atoms with Gasteiger partial charge in [-0.1, -0.05) is 6.07 Å². The van der Waals surface area contributed by atoms with Crippen molar-refractivity contribution >= 4 is 23.2 Å². The Morgan fingerprint density at radius 1 is 1.43 bits per heavy atom. The van der Waals surface area contributed by atoms with Crippen LogP contribution in [0.25, 0.3) is 10.7 Å². The van der Waals surface area contributed by atoms with Crippen LogP contribution in [0.3, 0.4) is 0 Å². The number of carbonyl (C=O) groups is 2. The first-order valence-electron chi connectivity index (χ1n) is 6.55. The Bertz CT molecular complexity index is 671. The number of carbonyl (C=O) groups excluding carboxylic acids is 2. The molecule has 3 heterocycles. The molecule has 1 saturated heterocycles. The van der Waals surface area contributed by atoms with E-state index in [1.54, 1.807) is 6.20 Å². The van der Waals surface area contributed by atoms with Crippen LogP contribution in [0.15, 0.2) is 29.8 Å². The summed E-state index contributed by atoms with van der Waals surface area (Å²) in [7, 11) is 1.51. The molecule has 0 radical (unpaired) electrons. The number of amides is 2. The molecule has 7 heteroatoms. The molecule has 2 aromatic rings. The van der Waals surface area contributed by atoms with Gasteiger partial charge in [0.25, 0.3) is 0 Å². The van der Waals surface area contributed by atoms with Crippen molar-refractivity contribution in [3.05, 3.63) is 35.5 Å². The van der Waals surface area contributed by atoms with Crippen molar-refractivity contribution in [1.29, 1.82) is 0 Å². The first-order valence-corrected chi connectivity index (χ1v) is 7.42. The molecule has 1 unspecified atom stereocenters. The Kier molecular flexibility index (Phi) is 3.76. The van der Waals surface area contributed by atoms with Crippen molar-refractivity contribution < 1.29 is 9.59 Å². The van der Waals surface area contributed by atoms with Crippen LogP contribution in [0.5, 0.6) is 0 Å². The third kappa shape index (κ3) is 2.84. The molecule has 0 aromatic carbocycles. The zero-order valence-electron chi connectivity index (χ0n) is 11.4. The Morgan fingerprint density at radius 2 is 2.29 bits per heavy atom. The molecule has 1 atom stereocenters. The molecular weight excluding hydrogens is 288 g/mol. The van der Waals surface area contributed by atoms with Crippen molar-refractivity contribution in [1.82, 2.24) is 20.2 Å². The van der Waals surface area contributed by atoms with E-state index in [9.17, 15) is 9.59 Å². The molecule has 0 bridgehead atoms. The molecule has 1 aliphatic rings. The predicted molar refractivity (Wildman–Crippen MR) is 78.4 cm³/mol. The quantitative estimate of drug-likeness (QED) is 0.855. The normalized spacial score (nSPS) is 18.5. The minimum absolute atomic E-state index is 0.148. The highest BCUT2D eigenvalue weighted by Gasteiger charge is 2.35. The average Bonchev–Trinajstić information content (AvgIpc) is 3.07. The van der Waals surface area contributed by atoms with Gasteiger partial charge < -0.3 is 0 Å². The Morgan fingerprint density at radius 3 is 2.95 bits per heavy atom. The Balaban J connectivity index is 1.64.